The number of aromatic amines is 1. The van der Waals surface area contributed by atoms with Gasteiger partial charge < -0.3 is 15.4 Å². The van der Waals surface area contributed by atoms with Gasteiger partial charge in [-0.3, -0.25) is 4.79 Å². The Bertz CT molecular complexity index is 1110. The SMILES string of the molecule is C=CC(=O)Nc1cc(-c2c([Si](C)(C)C)[nH]c3ncc(C(=O)O)cc23)ccc1C. The van der Waals surface area contributed by atoms with E-state index in [-0.39, 0.29) is 11.5 Å². The second-order valence-corrected chi connectivity index (χ2v) is 12.8. The van der Waals surface area contributed by atoms with Crippen LogP contribution in [0.1, 0.15) is 15.9 Å². The highest BCUT2D eigenvalue weighted by Crippen LogP contribution is 2.32. The quantitative estimate of drug-likeness (QED) is 0.452. The predicted molar refractivity (Wildman–Crippen MR) is 115 cm³/mol. The van der Waals surface area contributed by atoms with Crippen LogP contribution in [0.4, 0.5) is 5.69 Å². The van der Waals surface area contributed by atoms with Gasteiger partial charge in [0.05, 0.1) is 13.6 Å². The Morgan fingerprint density at radius 2 is 1.96 bits per heavy atom. The Morgan fingerprint density at radius 3 is 2.57 bits per heavy atom. The highest BCUT2D eigenvalue weighted by Gasteiger charge is 2.26. The van der Waals surface area contributed by atoms with Gasteiger partial charge in [-0.15, -0.1) is 0 Å². The molecular weight excluding hydrogens is 370 g/mol. The summed E-state index contributed by atoms with van der Waals surface area (Å²) >= 11 is 0. The smallest absolute Gasteiger partial charge is 0.337 e. The minimum absolute atomic E-state index is 0.141. The molecule has 0 bridgehead atoms. The fourth-order valence-electron chi connectivity index (χ4n) is 3.15. The summed E-state index contributed by atoms with van der Waals surface area (Å²) in [6.45, 7) is 12.1. The summed E-state index contributed by atoms with van der Waals surface area (Å²) in [6.07, 6.45) is 2.60. The summed E-state index contributed by atoms with van der Waals surface area (Å²) < 4.78 is 0. The molecule has 3 N–H and O–H groups in total. The van der Waals surface area contributed by atoms with Crippen molar-refractivity contribution in [1.82, 2.24) is 9.97 Å². The van der Waals surface area contributed by atoms with E-state index in [1.165, 1.54) is 12.3 Å². The molecule has 7 heteroatoms. The number of amides is 1. The van der Waals surface area contributed by atoms with Gasteiger partial charge in [0, 0.05) is 28.2 Å². The Kier molecular flexibility index (Phi) is 4.95. The molecule has 1 amide bonds. The number of nitrogens with one attached hydrogen (secondary N) is 2. The van der Waals surface area contributed by atoms with E-state index in [9.17, 15) is 14.7 Å². The molecule has 0 unspecified atom stereocenters. The van der Waals surface area contributed by atoms with Crippen molar-refractivity contribution in [2.24, 2.45) is 0 Å². The van der Waals surface area contributed by atoms with Crippen molar-refractivity contribution in [3.05, 3.63) is 54.2 Å². The van der Waals surface area contributed by atoms with Gasteiger partial charge in [-0.25, -0.2) is 9.78 Å². The lowest BCUT2D eigenvalue weighted by atomic mass is 10.0. The third-order valence-corrected chi connectivity index (χ3v) is 6.49. The third kappa shape index (κ3) is 3.61. The standard InChI is InChI=1S/C21H23N3O3Si/c1-6-17(25)23-16-10-13(8-7-12(16)2)18-15-9-14(21(26)27)11-22-19(15)24-20(18)28(3,4)5/h6-11H,1H2,2-5H3,(H,22,24)(H,23,25)(H,26,27). The van der Waals surface area contributed by atoms with Crippen molar-refractivity contribution in [3.63, 3.8) is 0 Å². The van der Waals surface area contributed by atoms with E-state index in [0.29, 0.717) is 11.3 Å². The molecule has 0 saturated carbocycles. The molecule has 3 aromatic rings. The summed E-state index contributed by atoms with van der Waals surface area (Å²) in [7, 11) is -1.80. The number of nitrogens with zero attached hydrogens (tertiary/aromatic N) is 1. The number of hydrogen-bond acceptors (Lipinski definition) is 3. The van der Waals surface area contributed by atoms with Gasteiger partial charge in [0.1, 0.15) is 5.65 Å². The first-order valence-corrected chi connectivity index (χ1v) is 12.4. The van der Waals surface area contributed by atoms with E-state index in [4.69, 9.17) is 0 Å². The number of anilines is 1. The van der Waals surface area contributed by atoms with Gasteiger partial charge >= 0.3 is 5.97 Å². The summed E-state index contributed by atoms with van der Waals surface area (Å²) in [5.74, 6) is -1.29. The zero-order chi connectivity index (χ0) is 20.6. The minimum Gasteiger partial charge on any atom is -0.478 e. The second-order valence-electron chi connectivity index (χ2n) is 7.77. The largest absolute Gasteiger partial charge is 0.478 e. The molecule has 0 fully saturated rings. The van der Waals surface area contributed by atoms with Crippen LogP contribution in [-0.2, 0) is 4.79 Å². The van der Waals surface area contributed by atoms with Gasteiger partial charge in [0.15, 0.2) is 0 Å². The van der Waals surface area contributed by atoms with Gasteiger partial charge in [-0.2, -0.15) is 0 Å². The lowest BCUT2D eigenvalue weighted by Crippen LogP contribution is -2.39. The van der Waals surface area contributed by atoms with Crippen molar-refractivity contribution >= 4 is 42.0 Å². The molecule has 0 aliphatic heterocycles. The minimum atomic E-state index is -1.80. The number of H-pyrrole nitrogens is 1. The number of carboxylic acid groups (broad SMARTS) is 1. The van der Waals surface area contributed by atoms with E-state index >= 15 is 0 Å². The van der Waals surface area contributed by atoms with Crippen LogP contribution in [0, 0.1) is 6.92 Å². The zero-order valence-corrected chi connectivity index (χ0v) is 17.4. The zero-order valence-electron chi connectivity index (χ0n) is 16.4. The van der Waals surface area contributed by atoms with Crippen LogP contribution in [-0.4, -0.2) is 35.0 Å². The fraction of sp³-hybridized carbons (Fsp3) is 0.190. The maximum Gasteiger partial charge on any atom is 0.337 e. The van der Waals surface area contributed by atoms with Crippen LogP contribution < -0.4 is 10.6 Å². The summed E-state index contributed by atoms with van der Waals surface area (Å²) in [5.41, 5.74) is 4.27. The van der Waals surface area contributed by atoms with Crippen molar-refractivity contribution in [2.75, 3.05) is 5.32 Å². The number of pyridine rings is 1. The number of carbonyl (C=O) groups excluding carboxylic acids is 1. The monoisotopic (exact) mass is 393 g/mol. The van der Waals surface area contributed by atoms with Crippen LogP contribution >= 0.6 is 0 Å². The first-order valence-electron chi connectivity index (χ1n) is 8.91. The molecule has 6 nitrogen and oxygen atoms in total. The average molecular weight is 394 g/mol. The van der Waals surface area contributed by atoms with Crippen molar-refractivity contribution in [3.8, 4) is 11.1 Å². The first-order chi connectivity index (χ1) is 13.1. The summed E-state index contributed by atoms with van der Waals surface area (Å²) in [4.78, 5) is 31.0. The molecule has 1 aromatic carbocycles. The highest BCUT2D eigenvalue weighted by molar-refractivity contribution is 6.89. The topological polar surface area (TPSA) is 95.1 Å². The first kappa shape index (κ1) is 19.6. The number of benzene rings is 1. The normalized spacial score (nSPS) is 11.4. The van der Waals surface area contributed by atoms with Crippen LogP contribution in [0.2, 0.25) is 19.6 Å². The lowest BCUT2D eigenvalue weighted by molar-refractivity contribution is -0.111. The predicted octanol–water partition coefficient (Wildman–Crippen LogP) is 3.91. The summed E-state index contributed by atoms with van der Waals surface area (Å²) in [6, 6.07) is 7.49. The van der Waals surface area contributed by atoms with Gasteiger partial charge in [0.25, 0.3) is 0 Å². The number of aromatic nitrogens is 2. The maximum absolute atomic E-state index is 11.8. The molecule has 0 radical (unpaired) electrons. The van der Waals surface area contributed by atoms with Crippen molar-refractivity contribution in [2.45, 2.75) is 26.6 Å². The number of fused-ring (bicyclic) bond motifs is 1. The number of rotatable bonds is 5. The molecule has 2 aromatic heterocycles. The third-order valence-electron chi connectivity index (χ3n) is 4.62. The van der Waals surface area contributed by atoms with E-state index < -0.39 is 14.0 Å². The second kappa shape index (κ2) is 7.08. The van der Waals surface area contributed by atoms with E-state index in [2.05, 4.69) is 41.5 Å². The highest BCUT2D eigenvalue weighted by atomic mass is 28.3. The van der Waals surface area contributed by atoms with Crippen molar-refractivity contribution < 1.29 is 14.7 Å². The molecule has 0 aliphatic rings. The number of aromatic carboxylic acids is 1. The average Bonchev–Trinajstić information content (AvgIpc) is 3.02. The van der Waals surface area contributed by atoms with Crippen LogP contribution in [0.5, 0.6) is 0 Å². The van der Waals surface area contributed by atoms with Crippen LogP contribution in [0.15, 0.2) is 43.1 Å². The number of carbonyl (C=O) groups is 2. The van der Waals surface area contributed by atoms with Gasteiger partial charge in [0.2, 0.25) is 5.91 Å². The molecule has 2 heterocycles. The molecule has 3 rings (SSSR count). The Hall–Kier alpha value is -3.19. The van der Waals surface area contributed by atoms with Crippen LogP contribution in [0.3, 0.4) is 0 Å². The van der Waals surface area contributed by atoms with E-state index in [1.807, 2.05) is 25.1 Å². The molecule has 0 spiro atoms. The summed E-state index contributed by atoms with van der Waals surface area (Å²) in [5, 5.41) is 14.1. The molecule has 28 heavy (non-hydrogen) atoms. The van der Waals surface area contributed by atoms with Gasteiger partial charge in [-0.1, -0.05) is 38.4 Å². The van der Waals surface area contributed by atoms with Crippen LogP contribution in [0.25, 0.3) is 22.2 Å². The van der Waals surface area contributed by atoms with Gasteiger partial charge in [-0.05, 0) is 36.3 Å². The Morgan fingerprint density at radius 1 is 1.25 bits per heavy atom. The van der Waals surface area contributed by atoms with E-state index in [0.717, 1.165) is 27.4 Å². The molecule has 0 atom stereocenters. The molecule has 0 saturated heterocycles. The fourth-order valence-corrected chi connectivity index (χ4v) is 4.67. The maximum atomic E-state index is 11.8. The molecule has 0 aliphatic carbocycles. The molecule has 144 valence electrons. The number of hydrogen-bond donors (Lipinski definition) is 3. The lowest BCUT2D eigenvalue weighted by Gasteiger charge is -2.18. The van der Waals surface area contributed by atoms with E-state index in [1.54, 1.807) is 6.07 Å². The number of aryl methyl sites for hydroxylation is 1. The van der Waals surface area contributed by atoms with Crippen molar-refractivity contribution in [1.29, 1.82) is 0 Å². The number of carboxylic acids is 1. The molecular formula is C21H23N3O3Si. The Labute approximate surface area is 164 Å². The Balaban J connectivity index is 2.30.